The Kier molecular flexibility index (Phi) is 4.59. The highest BCUT2D eigenvalue weighted by atomic mass is 16.3. The molecule has 3 aromatic rings. The molecular formula is C23H26N8O2. The lowest BCUT2D eigenvalue weighted by Crippen LogP contribution is -2.42. The van der Waals surface area contributed by atoms with Gasteiger partial charge in [0.25, 0.3) is 0 Å². The number of nitrogen functional groups attached to an aromatic ring is 1. The zero-order valence-electron chi connectivity index (χ0n) is 18.0. The standard InChI is InChI=1S/C23H26N8O2/c24-20-15-5-7-30(22(15)28-11-27-20)17-10-13(18(32)19(17)33)3-1-12-2-4-14-16(9-12)29-23(25)31-8-6-26-21(14)31/h2,4-5,7,9,11,13,17-19,32-33H,1,3,6,8,10H2,(H2,25,29)(H2,24,27,28)/t13-,17+,18+,19-/m0/s1. The molecule has 3 aliphatic rings. The van der Waals surface area contributed by atoms with Crippen molar-refractivity contribution in [3.63, 3.8) is 0 Å². The van der Waals surface area contributed by atoms with Gasteiger partial charge < -0.3 is 26.2 Å². The van der Waals surface area contributed by atoms with E-state index < -0.39 is 12.2 Å². The quantitative estimate of drug-likeness (QED) is 0.466. The summed E-state index contributed by atoms with van der Waals surface area (Å²) in [7, 11) is 0. The van der Waals surface area contributed by atoms with Gasteiger partial charge in [0.2, 0.25) is 5.96 Å². The Bertz CT molecular complexity index is 1300. The van der Waals surface area contributed by atoms with Gasteiger partial charge in [0.05, 0.1) is 29.8 Å². The van der Waals surface area contributed by atoms with Crippen LogP contribution >= 0.6 is 0 Å². The summed E-state index contributed by atoms with van der Waals surface area (Å²) in [6.45, 7) is 1.50. The summed E-state index contributed by atoms with van der Waals surface area (Å²) in [5.74, 6) is 1.74. The van der Waals surface area contributed by atoms with E-state index in [0.29, 0.717) is 23.8 Å². The molecule has 6 rings (SSSR count). The van der Waals surface area contributed by atoms with Crippen molar-refractivity contribution < 1.29 is 10.2 Å². The van der Waals surface area contributed by atoms with Crippen LogP contribution in [0.1, 0.15) is 30.0 Å². The lowest BCUT2D eigenvalue weighted by molar-refractivity contribution is 0.00545. The van der Waals surface area contributed by atoms with Crippen molar-refractivity contribution >= 4 is 34.3 Å². The molecule has 33 heavy (non-hydrogen) atoms. The molecule has 0 radical (unpaired) electrons. The van der Waals surface area contributed by atoms with E-state index in [9.17, 15) is 10.2 Å². The van der Waals surface area contributed by atoms with Gasteiger partial charge in [-0.1, -0.05) is 6.07 Å². The molecule has 10 heteroatoms. The van der Waals surface area contributed by atoms with Gasteiger partial charge in [0, 0.05) is 18.3 Å². The summed E-state index contributed by atoms with van der Waals surface area (Å²) in [6, 6.07) is 7.77. The Labute approximate surface area is 190 Å². The Hall–Kier alpha value is -3.50. The van der Waals surface area contributed by atoms with Crippen LogP contribution in [0.25, 0.3) is 11.0 Å². The molecular weight excluding hydrogens is 420 g/mol. The lowest BCUT2D eigenvalue weighted by Gasteiger charge is -2.25. The maximum atomic E-state index is 10.8. The molecule has 0 spiro atoms. The summed E-state index contributed by atoms with van der Waals surface area (Å²) in [4.78, 5) is 19.4. The van der Waals surface area contributed by atoms with E-state index in [0.717, 1.165) is 54.0 Å². The molecule has 170 valence electrons. The number of guanidine groups is 1. The van der Waals surface area contributed by atoms with Gasteiger partial charge in [-0.3, -0.25) is 9.89 Å². The van der Waals surface area contributed by atoms with Crippen LogP contribution in [0.4, 0.5) is 11.5 Å². The highest BCUT2D eigenvalue weighted by Gasteiger charge is 2.42. The monoisotopic (exact) mass is 446 g/mol. The summed E-state index contributed by atoms with van der Waals surface area (Å²) in [6.07, 6.45) is 3.76. The molecule has 0 amide bonds. The predicted molar refractivity (Wildman–Crippen MR) is 125 cm³/mol. The Morgan fingerprint density at radius 1 is 1.09 bits per heavy atom. The van der Waals surface area contributed by atoms with Crippen LogP contribution in [0, 0.1) is 5.92 Å². The van der Waals surface area contributed by atoms with Gasteiger partial charge in [0.15, 0.2) is 0 Å². The molecule has 2 aromatic heterocycles. The SMILES string of the molecule is NC1=Nc2cc(CC[C@H]3C[C@@H](n4ccc5c(N)ncnc54)[C@H](O)[C@@H]3O)ccc2C2=NCCN12. The second-order valence-corrected chi connectivity index (χ2v) is 8.98. The fourth-order valence-electron chi connectivity index (χ4n) is 5.37. The van der Waals surface area contributed by atoms with Crippen molar-refractivity contribution in [2.24, 2.45) is 21.6 Å². The first-order valence-corrected chi connectivity index (χ1v) is 11.2. The fourth-order valence-corrected chi connectivity index (χ4v) is 5.37. The first kappa shape index (κ1) is 20.1. The highest BCUT2D eigenvalue weighted by molar-refractivity contribution is 6.15. The first-order chi connectivity index (χ1) is 16.0. The maximum Gasteiger partial charge on any atom is 0.202 e. The third-order valence-electron chi connectivity index (χ3n) is 7.13. The number of fused-ring (bicyclic) bond motifs is 4. The van der Waals surface area contributed by atoms with Gasteiger partial charge in [-0.05, 0) is 48.9 Å². The molecule has 6 N–H and O–H groups in total. The van der Waals surface area contributed by atoms with Crippen LogP contribution < -0.4 is 11.5 Å². The smallest absolute Gasteiger partial charge is 0.202 e. The van der Waals surface area contributed by atoms with Crippen molar-refractivity contribution in [3.8, 4) is 0 Å². The number of anilines is 1. The van der Waals surface area contributed by atoms with Crippen LogP contribution in [0.3, 0.4) is 0 Å². The third kappa shape index (κ3) is 3.17. The largest absolute Gasteiger partial charge is 0.390 e. The molecule has 0 bridgehead atoms. The topological polar surface area (TPSA) is 151 Å². The number of aliphatic imine (C=N–C) groups is 2. The molecule has 1 aromatic carbocycles. The van der Waals surface area contributed by atoms with Gasteiger partial charge >= 0.3 is 0 Å². The van der Waals surface area contributed by atoms with Crippen LogP contribution in [0.5, 0.6) is 0 Å². The van der Waals surface area contributed by atoms with Crippen molar-refractivity contribution in [2.75, 3.05) is 18.8 Å². The number of nitrogens with zero attached hydrogens (tertiary/aromatic N) is 6. The van der Waals surface area contributed by atoms with E-state index in [2.05, 4.69) is 38.2 Å². The van der Waals surface area contributed by atoms with E-state index in [1.807, 2.05) is 21.7 Å². The summed E-state index contributed by atoms with van der Waals surface area (Å²) in [5.41, 5.74) is 15.7. The van der Waals surface area contributed by atoms with Crippen LogP contribution in [0.15, 0.2) is 46.8 Å². The second kappa shape index (κ2) is 7.53. The summed E-state index contributed by atoms with van der Waals surface area (Å²) >= 11 is 0. The second-order valence-electron chi connectivity index (χ2n) is 8.98. The zero-order chi connectivity index (χ0) is 22.7. The Morgan fingerprint density at radius 3 is 2.85 bits per heavy atom. The van der Waals surface area contributed by atoms with Crippen molar-refractivity contribution in [3.05, 3.63) is 47.9 Å². The van der Waals surface area contributed by atoms with Gasteiger partial charge in [0.1, 0.15) is 29.7 Å². The number of aliphatic hydroxyl groups excluding tert-OH is 2. The number of rotatable bonds is 4. The predicted octanol–water partition coefficient (Wildman–Crippen LogP) is 0.951. The number of nitrogens with two attached hydrogens (primary N) is 2. The molecule has 0 unspecified atom stereocenters. The van der Waals surface area contributed by atoms with Gasteiger partial charge in [-0.2, -0.15) is 0 Å². The molecule has 1 fully saturated rings. The van der Waals surface area contributed by atoms with E-state index in [-0.39, 0.29) is 12.0 Å². The van der Waals surface area contributed by atoms with Crippen molar-refractivity contribution in [1.82, 2.24) is 19.4 Å². The van der Waals surface area contributed by atoms with Gasteiger partial charge in [-0.25, -0.2) is 15.0 Å². The number of aromatic nitrogens is 3. The van der Waals surface area contributed by atoms with E-state index >= 15 is 0 Å². The molecule has 10 nitrogen and oxygen atoms in total. The number of aliphatic hydroxyl groups is 2. The number of aryl methyl sites for hydroxylation is 1. The lowest BCUT2D eigenvalue weighted by atomic mass is 9.95. The van der Waals surface area contributed by atoms with Crippen LogP contribution in [-0.4, -0.2) is 66.7 Å². The molecule has 4 atom stereocenters. The molecule has 4 heterocycles. The minimum Gasteiger partial charge on any atom is -0.390 e. The van der Waals surface area contributed by atoms with E-state index in [4.69, 9.17) is 11.5 Å². The number of amidine groups is 1. The zero-order valence-corrected chi connectivity index (χ0v) is 18.0. The van der Waals surface area contributed by atoms with Crippen molar-refractivity contribution in [2.45, 2.75) is 37.5 Å². The minimum atomic E-state index is -0.874. The van der Waals surface area contributed by atoms with Crippen LogP contribution in [-0.2, 0) is 6.42 Å². The highest BCUT2D eigenvalue weighted by Crippen LogP contribution is 2.40. The third-order valence-corrected chi connectivity index (χ3v) is 7.13. The average molecular weight is 447 g/mol. The molecule has 0 saturated heterocycles. The summed E-state index contributed by atoms with van der Waals surface area (Å²) in [5, 5.41) is 22.3. The summed E-state index contributed by atoms with van der Waals surface area (Å²) < 4.78 is 1.91. The normalized spacial score (nSPS) is 26.3. The number of hydrogen-bond donors (Lipinski definition) is 4. The van der Waals surface area contributed by atoms with Crippen LogP contribution in [0.2, 0.25) is 0 Å². The minimum absolute atomic E-state index is 0.0408. The molecule has 1 aliphatic carbocycles. The van der Waals surface area contributed by atoms with E-state index in [1.54, 1.807) is 0 Å². The molecule has 1 saturated carbocycles. The average Bonchev–Trinajstić information content (AvgIpc) is 3.52. The first-order valence-electron chi connectivity index (χ1n) is 11.2. The van der Waals surface area contributed by atoms with E-state index in [1.165, 1.54) is 6.33 Å². The Morgan fingerprint density at radius 2 is 1.97 bits per heavy atom. The number of benzene rings is 1. The Balaban J connectivity index is 1.20. The van der Waals surface area contributed by atoms with Crippen molar-refractivity contribution in [1.29, 1.82) is 0 Å². The fraction of sp³-hybridized carbons (Fsp3) is 0.391. The number of hydrogen-bond acceptors (Lipinski definition) is 9. The maximum absolute atomic E-state index is 10.8. The molecule has 2 aliphatic heterocycles. The van der Waals surface area contributed by atoms with Gasteiger partial charge in [-0.15, -0.1) is 0 Å².